The van der Waals surface area contributed by atoms with Gasteiger partial charge in [-0.05, 0) is 50.3 Å². The van der Waals surface area contributed by atoms with Crippen LogP contribution in [0.4, 0.5) is 8.78 Å². The number of halogens is 2. The van der Waals surface area contributed by atoms with Gasteiger partial charge >= 0.3 is 6.61 Å². The Hall–Kier alpha value is -2.09. The third kappa shape index (κ3) is 7.88. The summed E-state index contributed by atoms with van der Waals surface area (Å²) >= 11 is 0. The summed E-state index contributed by atoms with van der Waals surface area (Å²) in [5.74, 6) is 1.84. The van der Waals surface area contributed by atoms with Crippen molar-refractivity contribution in [2.75, 3.05) is 40.0 Å². The van der Waals surface area contributed by atoms with E-state index >= 15 is 0 Å². The molecule has 1 aliphatic carbocycles. The Morgan fingerprint density at radius 2 is 2.07 bits per heavy atom. The van der Waals surface area contributed by atoms with Gasteiger partial charge < -0.3 is 24.4 Å². The number of ether oxygens (including phenoxy) is 3. The molecule has 0 spiro atoms. The first-order chi connectivity index (χ1) is 13.5. The molecule has 0 amide bonds. The molecule has 1 aliphatic rings. The Morgan fingerprint density at radius 1 is 1.29 bits per heavy atom. The molecular formula is C20H31F2N3O3. The molecule has 0 unspecified atom stereocenters. The molecule has 0 heterocycles. The van der Waals surface area contributed by atoms with Gasteiger partial charge in [0.25, 0.3) is 0 Å². The summed E-state index contributed by atoms with van der Waals surface area (Å²) in [7, 11) is 1.97. The van der Waals surface area contributed by atoms with Crippen LogP contribution in [-0.2, 0) is 11.3 Å². The number of aliphatic imine (C=N–C) groups is 1. The Labute approximate surface area is 165 Å². The minimum absolute atomic E-state index is 0.0291. The largest absolute Gasteiger partial charge is 0.490 e. The number of nitrogens with one attached hydrogen (secondary N) is 1. The standard InChI is InChI=1S/C20H31F2N3O3/c1-4-23-20(25(3)10-11-26-14-15-6-7-15)24-13-16-8-9-17(28-19(21)22)18(12-16)27-5-2/h8-9,12,15,19H,4-7,10-11,13-14H2,1-3H3,(H,23,24). The van der Waals surface area contributed by atoms with Crippen molar-refractivity contribution in [3.8, 4) is 11.5 Å². The van der Waals surface area contributed by atoms with E-state index in [1.54, 1.807) is 19.1 Å². The fourth-order valence-corrected chi connectivity index (χ4v) is 2.59. The first-order valence-corrected chi connectivity index (χ1v) is 9.81. The molecule has 0 atom stereocenters. The number of nitrogens with zero attached hydrogens (tertiary/aromatic N) is 2. The number of hydrogen-bond acceptors (Lipinski definition) is 4. The Kier molecular flexibility index (Phi) is 9.27. The Balaban J connectivity index is 1.96. The fourth-order valence-electron chi connectivity index (χ4n) is 2.59. The molecule has 1 N–H and O–H groups in total. The maximum Gasteiger partial charge on any atom is 0.387 e. The summed E-state index contributed by atoms with van der Waals surface area (Å²) in [6, 6.07) is 4.89. The van der Waals surface area contributed by atoms with E-state index < -0.39 is 6.61 Å². The quantitative estimate of drug-likeness (QED) is 0.331. The van der Waals surface area contributed by atoms with Crippen LogP contribution < -0.4 is 14.8 Å². The zero-order valence-corrected chi connectivity index (χ0v) is 16.9. The second kappa shape index (κ2) is 11.7. The lowest BCUT2D eigenvalue weighted by molar-refractivity contribution is -0.0514. The van der Waals surface area contributed by atoms with Gasteiger partial charge in [-0.2, -0.15) is 8.78 Å². The fraction of sp³-hybridized carbons (Fsp3) is 0.650. The van der Waals surface area contributed by atoms with Gasteiger partial charge in [0.1, 0.15) is 0 Å². The molecule has 0 bridgehead atoms. The second-order valence-electron chi connectivity index (χ2n) is 6.70. The van der Waals surface area contributed by atoms with Crippen LogP contribution in [0.1, 0.15) is 32.3 Å². The SMILES string of the molecule is CCNC(=NCc1ccc(OC(F)F)c(OCC)c1)N(C)CCOCC1CC1. The zero-order valence-electron chi connectivity index (χ0n) is 16.9. The minimum Gasteiger partial charge on any atom is -0.490 e. The summed E-state index contributed by atoms with van der Waals surface area (Å²) in [4.78, 5) is 6.66. The van der Waals surface area contributed by atoms with Crippen LogP contribution in [0.5, 0.6) is 11.5 Å². The Bertz CT molecular complexity index is 625. The summed E-state index contributed by atoms with van der Waals surface area (Å²) < 4.78 is 40.7. The number of hydrogen-bond donors (Lipinski definition) is 1. The number of alkyl halides is 2. The van der Waals surface area contributed by atoms with Gasteiger partial charge in [-0.1, -0.05) is 6.07 Å². The molecule has 2 rings (SSSR count). The second-order valence-corrected chi connectivity index (χ2v) is 6.70. The van der Waals surface area contributed by atoms with E-state index in [0.717, 1.165) is 37.1 Å². The van der Waals surface area contributed by atoms with Gasteiger partial charge in [-0.3, -0.25) is 0 Å². The monoisotopic (exact) mass is 399 g/mol. The molecule has 8 heteroatoms. The van der Waals surface area contributed by atoms with Crippen molar-refractivity contribution in [1.29, 1.82) is 0 Å². The van der Waals surface area contributed by atoms with E-state index in [-0.39, 0.29) is 5.75 Å². The normalized spacial score (nSPS) is 14.3. The number of benzene rings is 1. The van der Waals surface area contributed by atoms with Crippen molar-refractivity contribution >= 4 is 5.96 Å². The molecule has 0 aliphatic heterocycles. The first kappa shape index (κ1) is 22.2. The van der Waals surface area contributed by atoms with Crippen LogP contribution in [0.2, 0.25) is 0 Å². The highest BCUT2D eigenvalue weighted by molar-refractivity contribution is 5.79. The number of rotatable bonds is 12. The van der Waals surface area contributed by atoms with Crippen LogP contribution >= 0.6 is 0 Å². The van der Waals surface area contributed by atoms with Gasteiger partial charge in [0, 0.05) is 26.7 Å². The van der Waals surface area contributed by atoms with Gasteiger partial charge in [0.2, 0.25) is 0 Å². The van der Waals surface area contributed by atoms with E-state index in [1.165, 1.54) is 18.9 Å². The molecular weight excluding hydrogens is 368 g/mol. The third-order valence-corrected chi connectivity index (χ3v) is 4.25. The van der Waals surface area contributed by atoms with Crippen LogP contribution in [0.15, 0.2) is 23.2 Å². The lowest BCUT2D eigenvalue weighted by atomic mass is 10.2. The van der Waals surface area contributed by atoms with E-state index in [2.05, 4.69) is 15.0 Å². The summed E-state index contributed by atoms with van der Waals surface area (Å²) in [6.07, 6.45) is 2.57. The average Bonchev–Trinajstić information content (AvgIpc) is 3.48. The molecule has 1 fully saturated rings. The molecule has 0 radical (unpaired) electrons. The van der Waals surface area contributed by atoms with Gasteiger partial charge in [-0.25, -0.2) is 4.99 Å². The maximum absolute atomic E-state index is 12.5. The van der Waals surface area contributed by atoms with Crippen molar-refractivity contribution in [1.82, 2.24) is 10.2 Å². The lowest BCUT2D eigenvalue weighted by Crippen LogP contribution is -2.40. The number of guanidine groups is 1. The van der Waals surface area contributed by atoms with Gasteiger partial charge in [0.05, 0.1) is 19.8 Å². The van der Waals surface area contributed by atoms with E-state index in [4.69, 9.17) is 9.47 Å². The summed E-state index contributed by atoms with van der Waals surface area (Å²) in [6.45, 7) is 4.65. The van der Waals surface area contributed by atoms with Gasteiger partial charge in [0.15, 0.2) is 17.5 Å². The van der Waals surface area contributed by atoms with Crippen LogP contribution in [-0.4, -0.2) is 57.4 Å². The first-order valence-electron chi connectivity index (χ1n) is 9.81. The van der Waals surface area contributed by atoms with E-state index in [0.29, 0.717) is 25.5 Å². The highest BCUT2D eigenvalue weighted by Crippen LogP contribution is 2.30. The zero-order chi connectivity index (χ0) is 20.4. The van der Waals surface area contributed by atoms with Crippen LogP contribution in [0.25, 0.3) is 0 Å². The van der Waals surface area contributed by atoms with Crippen molar-refractivity contribution in [3.05, 3.63) is 23.8 Å². The van der Waals surface area contributed by atoms with Crippen molar-refractivity contribution in [2.45, 2.75) is 39.8 Å². The minimum atomic E-state index is -2.89. The third-order valence-electron chi connectivity index (χ3n) is 4.25. The topological polar surface area (TPSA) is 55.3 Å². The predicted molar refractivity (Wildman–Crippen MR) is 105 cm³/mol. The molecule has 1 aromatic carbocycles. The summed E-state index contributed by atoms with van der Waals surface area (Å²) in [5.41, 5.74) is 0.846. The highest BCUT2D eigenvalue weighted by atomic mass is 19.3. The molecule has 6 nitrogen and oxygen atoms in total. The molecule has 1 saturated carbocycles. The van der Waals surface area contributed by atoms with Crippen LogP contribution in [0, 0.1) is 5.92 Å². The van der Waals surface area contributed by atoms with E-state index in [1.807, 2.05) is 18.9 Å². The average molecular weight is 399 g/mol. The molecule has 0 saturated heterocycles. The maximum atomic E-state index is 12.5. The highest BCUT2D eigenvalue weighted by Gasteiger charge is 2.21. The van der Waals surface area contributed by atoms with Gasteiger partial charge in [-0.15, -0.1) is 0 Å². The van der Waals surface area contributed by atoms with Crippen molar-refractivity contribution in [2.24, 2.45) is 10.9 Å². The summed E-state index contributed by atoms with van der Waals surface area (Å²) in [5, 5.41) is 3.26. The Morgan fingerprint density at radius 3 is 2.71 bits per heavy atom. The van der Waals surface area contributed by atoms with E-state index in [9.17, 15) is 8.78 Å². The van der Waals surface area contributed by atoms with Crippen molar-refractivity contribution < 1.29 is 23.0 Å². The number of likely N-dealkylation sites (N-methyl/N-ethyl adjacent to an activating group) is 1. The smallest absolute Gasteiger partial charge is 0.387 e. The van der Waals surface area contributed by atoms with Crippen LogP contribution in [0.3, 0.4) is 0 Å². The molecule has 158 valence electrons. The molecule has 0 aromatic heterocycles. The molecule has 1 aromatic rings. The predicted octanol–water partition coefficient (Wildman–Crippen LogP) is 3.51. The lowest BCUT2D eigenvalue weighted by Gasteiger charge is -2.22. The van der Waals surface area contributed by atoms with Crippen molar-refractivity contribution in [3.63, 3.8) is 0 Å². The molecule has 28 heavy (non-hydrogen) atoms.